The topological polar surface area (TPSA) is 160 Å². The van der Waals surface area contributed by atoms with Crippen LogP contribution in [0.3, 0.4) is 0 Å². The third kappa shape index (κ3) is 4.64. The van der Waals surface area contributed by atoms with E-state index in [0.717, 1.165) is 58.4 Å². The van der Waals surface area contributed by atoms with E-state index in [9.17, 15) is 19.2 Å². The molecule has 11 nitrogen and oxygen atoms in total. The number of H-pyrrole nitrogens is 1. The number of allylic oxidation sites excluding steroid dienone is 1. The lowest BCUT2D eigenvalue weighted by atomic mass is 9.80. The molecule has 0 bridgehead atoms. The number of carbonyl (C=O) groups excluding carboxylic acids is 4. The van der Waals surface area contributed by atoms with Crippen LogP contribution in [0.4, 0.5) is 5.69 Å². The molecule has 42 heavy (non-hydrogen) atoms. The first-order valence-electron chi connectivity index (χ1n) is 14.4. The molecule has 7 rings (SSSR count). The van der Waals surface area contributed by atoms with Crippen LogP contribution < -0.4 is 16.0 Å². The summed E-state index contributed by atoms with van der Waals surface area (Å²) in [7, 11) is 0. The maximum absolute atomic E-state index is 13.1. The van der Waals surface area contributed by atoms with Crippen LogP contribution in [0.1, 0.15) is 64.9 Å². The van der Waals surface area contributed by atoms with Gasteiger partial charge in [0.1, 0.15) is 6.04 Å². The summed E-state index contributed by atoms with van der Waals surface area (Å²) < 4.78 is 0. The monoisotopic (exact) mass is 565 g/mol. The summed E-state index contributed by atoms with van der Waals surface area (Å²) in [6.07, 6.45) is 9.89. The van der Waals surface area contributed by atoms with Crippen molar-refractivity contribution in [3.05, 3.63) is 65.7 Å². The summed E-state index contributed by atoms with van der Waals surface area (Å²) in [6.45, 7) is 0.716. The summed E-state index contributed by atoms with van der Waals surface area (Å²) >= 11 is 0. The molecule has 3 fully saturated rings. The third-order valence-corrected chi connectivity index (χ3v) is 8.74. The van der Waals surface area contributed by atoms with Crippen molar-refractivity contribution >= 4 is 51.5 Å². The first-order chi connectivity index (χ1) is 20.4. The van der Waals surface area contributed by atoms with Gasteiger partial charge < -0.3 is 21.0 Å². The molecule has 0 radical (unpaired) electrons. The Hall–Kier alpha value is -4.80. The number of anilines is 1. The van der Waals surface area contributed by atoms with Gasteiger partial charge in [-0.2, -0.15) is 0 Å². The van der Waals surface area contributed by atoms with Crippen molar-refractivity contribution in [2.24, 2.45) is 11.8 Å². The molecular weight excluding hydrogens is 534 g/mol. The van der Waals surface area contributed by atoms with Crippen LogP contribution >= 0.6 is 0 Å². The Morgan fingerprint density at radius 2 is 1.86 bits per heavy atom. The molecule has 4 heterocycles. The van der Waals surface area contributed by atoms with Gasteiger partial charge >= 0.3 is 0 Å². The molecule has 1 unspecified atom stereocenters. The minimum absolute atomic E-state index is 0.0911. The Labute approximate surface area is 241 Å². The summed E-state index contributed by atoms with van der Waals surface area (Å²) in [5.74, 6) is -1.30. The molecular formula is C31H31N7O4. The zero-order valence-electron chi connectivity index (χ0n) is 22.9. The molecule has 11 heteroatoms. The lowest BCUT2D eigenvalue weighted by Gasteiger charge is -2.36. The first-order valence-corrected chi connectivity index (χ1v) is 14.4. The Morgan fingerprint density at radius 3 is 2.64 bits per heavy atom. The van der Waals surface area contributed by atoms with Gasteiger partial charge in [0.15, 0.2) is 0 Å². The Morgan fingerprint density at radius 1 is 1.05 bits per heavy atom. The van der Waals surface area contributed by atoms with Gasteiger partial charge in [-0.1, -0.05) is 0 Å². The minimum atomic E-state index is -0.972. The quantitative estimate of drug-likeness (QED) is 0.197. The predicted molar refractivity (Wildman–Crippen MR) is 156 cm³/mol. The standard InChI is InChI=1S/C31H31N7O4/c32-26(17-1-2-17)23(28-27-18(7-9-33-27)8-10-34-28)15-36-20-11-16(12-20)14-35-19-3-4-21-22(13-19)31(42)38(30(21)41)24-5-6-25(39)37-29(24)40/h3-4,7-10,13,15-17,20,24,32-33,35-36H,1-2,5-6,11-12,14H2,(H,37,39,40)/b23-15+,32-26?. The summed E-state index contributed by atoms with van der Waals surface area (Å²) in [5.41, 5.74) is 4.51. The molecule has 1 atom stereocenters. The lowest BCUT2D eigenvalue weighted by Crippen LogP contribution is -2.54. The fourth-order valence-electron chi connectivity index (χ4n) is 6.13. The maximum atomic E-state index is 13.1. The van der Waals surface area contributed by atoms with Crippen LogP contribution in [0, 0.1) is 17.2 Å². The summed E-state index contributed by atoms with van der Waals surface area (Å²) in [5, 5.41) is 19.0. The number of rotatable bonds is 9. The highest BCUT2D eigenvalue weighted by Gasteiger charge is 2.44. The van der Waals surface area contributed by atoms with Crippen LogP contribution in [-0.4, -0.2) is 62.8 Å². The van der Waals surface area contributed by atoms with Crippen molar-refractivity contribution in [2.75, 3.05) is 11.9 Å². The number of hydrogen-bond acceptors (Lipinski definition) is 8. The van der Waals surface area contributed by atoms with Crippen LogP contribution in [0.2, 0.25) is 0 Å². The SMILES string of the molecule is N=C(/C(=C\NC1CC(CNc2ccc3c(c2)C(=O)N(C2CCC(=O)NC2=O)C3=O)C1)c1nccc2cc[nH]c12)C1CC1. The van der Waals surface area contributed by atoms with Crippen LogP contribution in [-0.2, 0) is 9.59 Å². The number of carbonyl (C=O) groups is 4. The van der Waals surface area contributed by atoms with Crippen molar-refractivity contribution in [1.29, 1.82) is 5.41 Å². The molecule has 2 aliphatic heterocycles. The fourth-order valence-corrected chi connectivity index (χ4v) is 6.13. The lowest BCUT2D eigenvalue weighted by molar-refractivity contribution is -0.136. The van der Waals surface area contributed by atoms with E-state index in [0.29, 0.717) is 30.1 Å². The number of fused-ring (bicyclic) bond motifs is 2. The molecule has 2 saturated carbocycles. The third-order valence-electron chi connectivity index (χ3n) is 8.74. The van der Waals surface area contributed by atoms with Gasteiger partial charge in [-0.15, -0.1) is 0 Å². The molecule has 2 aromatic heterocycles. The molecule has 0 spiro atoms. The number of aromatic nitrogens is 2. The van der Waals surface area contributed by atoms with E-state index < -0.39 is 29.7 Å². The van der Waals surface area contributed by atoms with Gasteiger partial charge in [-0.25, -0.2) is 0 Å². The van der Waals surface area contributed by atoms with E-state index in [1.54, 1.807) is 24.4 Å². The maximum Gasteiger partial charge on any atom is 0.262 e. The number of benzene rings is 1. The number of nitrogens with one attached hydrogen (secondary N) is 5. The minimum Gasteiger partial charge on any atom is -0.388 e. The molecule has 1 aromatic carbocycles. The molecule has 1 saturated heterocycles. The van der Waals surface area contributed by atoms with E-state index in [1.807, 2.05) is 24.5 Å². The first kappa shape index (κ1) is 26.1. The molecule has 5 N–H and O–H groups in total. The van der Waals surface area contributed by atoms with Gasteiger partial charge in [0.05, 0.1) is 22.3 Å². The highest BCUT2D eigenvalue weighted by molar-refractivity contribution is 6.26. The molecule has 2 aliphatic carbocycles. The molecule has 4 amide bonds. The largest absolute Gasteiger partial charge is 0.388 e. The number of nitrogens with zero attached hydrogens (tertiary/aromatic N) is 2. The van der Waals surface area contributed by atoms with E-state index >= 15 is 0 Å². The number of aromatic amines is 1. The van der Waals surface area contributed by atoms with Crippen LogP contribution in [0.5, 0.6) is 0 Å². The molecule has 214 valence electrons. The second-order valence-electron chi connectivity index (χ2n) is 11.6. The van der Waals surface area contributed by atoms with Gasteiger partial charge in [0.25, 0.3) is 11.8 Å². The smallest absolute Gasteiger partial charge is 0.262 e. The van der Waals surface area contributed by atoms with E-state index in [4.69, 9.17) is 5.41 Å². The summed E-state index contributed by atoms with van der Waals surface area (Å²) in [6, 6.07) is 8.37. The normalized spacial score (nSPS) is 24.0. The highest BCUT2D eigenvalue weighted by Crippen LogP contribution is 2.37. The average molecular weight is 566 g/mol. The predicted octanol–water partition coefficient (Wildman–Crippen LogP) is 3.22. The fraction of sp³-hybridized carbons (Fsp3) is 0.355. The van der Waals surface area contributed by atoms with Gasteiger partial charge in [-0.05, 0) is 68.4 Å². The number of hydrogen-bond donors (Lipinski definition) is 5. The van der Waals surface area contributed by atoms with Crippen LogP contribution in [0.15, 0.2) is 48.9 Å². The number of amides is 4. The van der Waals surface area contributed by atoms with E-state index in [-0.39, 0.29) is 24.0 Å². The zero-order chi connectivity index (χ0) is 29.0. The van der Waals surface area contributed by atoms with Crippen molar-refractivity contribution in [2.45, 2.75) is 50.6 Å². The van der Waals surface area contributed by atoms with Crippen molar-refractivity contribution in [3.63, 3.8) is 0 Å². The number of imide groups is 2. The Balaban J connectivity index is 0.964. The molecule has 4 aliphatic rings. The van der Waals surface area contributed by atoms with E-state index in [2.05, 4.69) is 25.9 Å². The number of piperidine rings is 1. The Kier molecular flexibility index (Phi) is 6.37. The second-order valence-corrected chi connectivity index (χ2v) is 11.6. The second kappa shape index (κ2) is 10.2. The molecule has 3 aromatic rings. The van der Waals surface area contributed by atoms with Crippen molar-refractivity contribution < 1.29 is 19.2 Å². The number of pyridine rings is 1. The van der Waals surface area contributed by atoms with Crippen molar-refractivity contribution in [3.8, 4) is 0 Å². The van der Waals surface area contributed by atoms with Crippen LogP contribution in [0.25, 0.3) is 16.5 Å². The highest BCUT2D eigenvalue weighted by atomic mass is 16.2. The van der Waals surface area contributed by atoms with Gasteiger partial charge in [0.2, 0.25) is 11.8 Å². The van der Waals surface area contributed by atoms with Crippen molar-refractivity contribution in [1.82, 2.24) is 25.5 Å². The Bertz CT molecular complexity index is 1680. The average Bonchev–Trinajstić information content (AvgIpc) is 3.65. The van der Waals surface area contributed by atoms with E-state index in [1.165, 1.54) is 0 Å². The summed E-state index contributed by atoms with van der Waals surface area (Å²) in [4.78, 5) is 58.7. The zero-order valence-corrected chi connectivity index (χ0v) is 22.9. The van der Waals surface area contributed by atoms with Gasteiger partial charge in [-0.3, -0.25) is 34.4 Å². The van der Waals surface area contributed by atoms with Gasteiger partial charge in [0, 0.05) is 65.9 Å².